The van der Waals surface area contributed by atoms with Crippen molar-refractivity contribution in [1.29, 1.82) is 0 Å². The van der Waals surface area contributed by atoms with E-state index in [1.165, 1.54) is 0 Å². The molecule has 0 spiro atoms. The Morgan fingerprint density at radius 3 is 1.78 bits per heavy atom. The highest BCUT2D eigenvalue weighted by molar-refractivity contribution is 9.10. The van der Waals surface area contributed by atoms with Crippen LogP contribution >= 0.6 is 15.9 Å². The van der Waals surface area contributed by atoms with Gasteiger partial charge in [-0.05, 0) is 72.4 Å². The van der Waals surface area contributed by atoms with Crippen molar-refractivity contribution in [1.82, 2.24) is 4.98 Å². The second-order valence-corrected chi connectivity index (χ2v) is 7.96. The number of hydrogen-bond acceptors (Lipinski definition) is 7. The second kappa shape index (κ2) is 10.4. The van der Waals surface area contributed by atoms with Gasteiger partial charge in [-0.1, -0.05) is 0 Å². The van der Waals surface area contributed by atoms with Crippen LogP contribution in [0.5, 0.6) is 23.0 Å². The predicted octanol–water partition coefficient (Wildman–Crippen LogP) is 5.73. The lowest BCUT2D eigenvalue weighted by atomic mass is 10.0. The molecule has 0 saturated heterocycles. The molecule has 0 N–H and O–H groups in total. The lowest BCUT2D eigenvalue weighted by Crippen LogP contribution is -2.16. The number of fused-ring (bicyclic) bond motifs is 1. The molecule has 3 aromatic rings. The summed E-state index contributed by atoms with van der Waals surface area (Å²) < 4.78 is 34.2. The lowest BCUT2D eigenvalue weighted by Gasteiger charge is -2.20. The molecule has 3 rings (SSSR count). The van der Waals surface area contributed by atoms with Crippen LogP contribution < -0.4 is 18.9 Å². The van der Waals surface area contributed by atoms with Crippen molar-refractivity contribution in [2.75, 3.05) is 28.4 Å². The molecule has 8 heteroatoms. The van der Waals surface area contributed by atoms with Crippen LogP contribution in [0.1, 0.15) is 19.5 Å². The molecule has 0 aliphatic heterocycles. The van der Waals surface area contributed by atoms with Gasteiger partial charge in [0.25, 0.3) is 0 Å². The van der Waals surface area contributed by atoms with E-state index in [1.807, 2.05) is 51.1 Å². The van der Waals surface area contributed by atoms with Gasteiger partial charge in [0.1, 0.15) is 16.0 Å². The molecular weight excluding hydrogens is 478 g/mol. The highest BCUT2D eigenvalue weighted by Crippen LogP contribution is 2.43. The SMILES string of the molecule is COc1cc2cc(C)nc(-c3cc(OC(C)OC)c(Br)c(OC(C)OC)c3)c2cc1OC. The van der Waals surface area contributed by atoms with Crippen molar-refractivity contribution in [3.05, 3.63) is 40.5 Å². The van der Waals surface area contributed by atoms with Gasteiger partial charge in [-0.25, -0.2) is 0 Å². The van der Waals surface area contributed by atoms with Gasteiger partial charge in [-0.2, -0.15) is 0 Å². The molecule has 2 unspecified atom stereocenters. The Morgan fingerprint density at radius 2 is 1.28 bits per heavy atom. The van der Waals surface area contributed by atoms with Gasteiger partial charge in [-0.15, -0.1) is 0 Å². The first-order valence-electron chi connectivity index (χ1n) is 10.1. The maximum Gasteiger partial charge on any atom is 0.196 e. The van der Waals surface area contributed by atoms with Crippen LogP contribution in [0.3, 0.4) is 0 Å². The Morgan fingerprint density at radius 1 is 0.750 bits per heavy atom. The zero-order valence-electron chi connectivity index (χ0n) is 19.3. The van der Waals surface area contributed by atoms with Crippen molar-refractivity contribution >= 4 is 26.7 Å². The predicted molar refractivity (Wildman–Crippen MR) is 127 cm³/mol. The van der Waals surface area contributed by atoms with E-state index in [9.17, 15) is 0 Å². The summed E-state index contributed by atoms with van der Waals surface area (Å²) in [7, 11) is 6.40. The third-order valence-corrected chi connectivity index (χ3v) is 5.77. The van der Waals surface area contributed by atoms with Crippen LogP contribution in [0.2, 0.25) is 0 Å². The van der Waals surface area contributed by atoms with E-state index < -0.39 is 12.6 Å². The number of aryl methyl sites for hydroxylation is 1. The number of methoxy groups -OCH3 is 4. The highest BCUT2D eigenvalue weighted by Gasteiger charge is 2.19. The molecule has 0 amide bonds. The number of rotatable bonds is 9. The number of nitrogens with zero attached hydrogens (tertiary/aromatic N) is 1. The Balaban J connectivity index is 2.27. The normalized spacial score (nSPS) is 13.0. The van der Waals surface area contributed by atoms with Crippen LogP contribution in [0, 0.1) is 6.92 Å². The van der Waals surface area contributed by atoms with E-state index in [0.717, 1.165) is 27.7 Å². The summed E-state index contributed by atoms with van der Waals surface area (Å²) in [5.41, 5.74) is 2.44. The van der Waals surface area contributed by atoms with Crippen molar-refractivity contribution in [2.45, 2.75) is 33.4 Å². The monoisotopic (exact) mass is 505 g/mol. The van der Waals surface area contributed by atoms with Gasteiger partial charge in [-0.3, -0.25) is 4.98 Å². The van der Waals surface area contributed by atoms with Gasteiger partial charge < -0.3 is 28.4 Å². The zero-order valence-corrected chi connectivity index (χ0v) is 20.9. The fraction of sp³-hybridized carbons (Fsp3) is 0.375. The molecule has 172 valence electrons. The van der Waals surface area contributed by atoms with E-state index in [4.69, 9.17) is 33.4 Å². The van der Waals surface area contributed by atoms with Crippen molar-refractivity contribution in [3.8, 4) is 34.3 Å². The van der Waals surface area contributed by atoms with Gasteiger partial charge in [0.05, 0.1) is 19.9 Å². The molecule has 0 radical (unpaired) electrons. The maximum atomic E-state index is 5.97. The largest absolute Gasteiger partial charge is 0.493 e. The smallest absolute Gasteiger partial charge is 0.196 e. The van der Waals surface area contributed by atoms with Crippen molar-refractivity contribution in [2.24, 2.45) is 0 Å². The van der Waals surface area contributed by atoms with E-state index in [2.05, 4.69) is 15.9 Å². The first kappa shape index (κ1) is 24.1. The Bertz CT molecular complexity index is 1070. The van der Waals surface area contributed by atoms with Gasteiger partial charge >= 0.3 is 0 Å². The summed E-state index contributed by atoms with van der Waals surface area (Å²) in [6.45, 7) is 5.58. The zero-order chi connectivity index (χ0) is 23.4. The molecule has 0 saturated carbocycles. The van der Waals surface area contributed by atoms with Gasteiger partial charge in [0.15, 0.2) is 24.1 Å². The molecule has 1 aromatic heterocycles. The maximum absolute atomic E-state index is 5.97. The summed E-state index contributed by atoms with van der Waals surface area (Å²) in [5, 5.41) is 1.89. The number of pyridine rings is 1. The van der Waals surface area contributed by atoms with Gasteiger partial charge in [0.2, 0.25) is 0 Å². The Labute approximate surface area is 196 Å². The first-order valence-corrected chi connectivity index (χ1v) is 10.9. The van der Waals surface area contributed by atoms with Gasteiger partial charge in [0, 0.05) is 30.9 Å². The van der Waals surface area contributed by atoms with Crippen LogP contribution in [-0.4, -0.2) is 46.0 Å². The summed E-state index contributed by atoms with van der Waals surface area (Å²) in [6, 6.07) is 9.69. The first-order chi connectivity index (χ1) is 15.3. The minimum absolute atomic E-state index is 0.458. The molecule has 0 aliphatic rings. The number of benzene rings is 2. The van der Waals surface area contributed by atoms with Crippen LogP contribution in [-0.2, 0) is 9.47 Å². The number of aromatic nitrogens is 1. The Kier molecular flexibility index (Phi) is 7.82. The van der Waals surface area contributed by atoms with Crippen LogP contribution in [0.4, 0.5) is 0 Å². The minimum atomic E-state index is -0.458. The fourth-order valence-corrected chi connectivity index (χ4v) is 3.68. The number of halogens is 1. The summed E-state index contributed by atoms with van der Waals surface area (Å²) in [5.74, 6) is 2.40. The standard InChI is InChI=1S/C24H28BrNO6/c1-13-8-16-9-19(29-6)20(30-7)12-18(16)24(26-13)17-10-21(31-14(2)27-4)23(25)22(11-17)32-15(3)28-5/h8-12,14-15H,1-7H3. The molecule has 32 heavy (non-hydrogen) atoms. The number of ether oxygens (including phenoxy) is 6. The third-order valence-electron chi connectivity index (χ3n) is 4.99. The molecule has 0 bridgehead atoms. The summed E-state index contributed by atoms with van der Waals surface area (Å²) >= 11 is 3.59. The summed E-state index contributed by atoms with van der Waals surface area (Å²) in [4.78, 5) is 4.83. The molecule has 2 aromatic carbocycles. The molecule has 1 heterocycles. The molecule has 2 atom stereocenters. The second-order valence-electron chi connectivity index (χ2n) is 7.17. The molecule has 0 fully saturated rings. The van der Waals surface area contributed by atoms with E-state index in [-0.39, 0.29) is 0 Å². The fourth-order valence-electron chi connectivity index (χ4n) is 3.27. The lowest BCUT2D eigenvalue weighted by molar-refractivity contribution is -0.0433. The third kappa shape index (κ3) is 5.09. The number of hydrogen-bond donors (Lipinski definition) is 0. The van der Waals surface area contributed by atoms with Crippen LogP contribution in [0.25, 0.3) is 22.0 Å². The molecule has 7 nitrogen and oxygen atoms in total. The quantitative estimate of drug-likeness (QED) is 0.343. The van der Waals surface area contributed by atoms with Crippen LogP contribution in [0.15, 0.2) is 34.8 Å². The summed E-state index contributed by atoms with van der Waals surface area (Å²) in [6.07, 6.45) is -0.915. The van der Waals surface area contributed by atoms with E-state index >= 15 is 0 Å². The molecular formula is C24H28BrNO6. The van der Waals surface area contributed by atoms with Crippen molar-refractivity contribution in [3.63, 3.8) is 0 Å². The average molecular weight is 506 g/mol. The topological polar surface area (TPSA) is 68.3 Å². The molecule has 0 aliphatic carbocycles. The Hall–Kier alpha value is -2.55. The van der Waals surface area contributed by atoms with E-state index in [0.29, 0.717) is 27.5 Å². The minimum Gasteiger partial charge on any atom is -0.493 e. The average Bonchev–Trinajstić information content (AvgIpc) is 2.79. The van der Waals surface area contributed by atoms with E-state index in [1.54, 1.807) is 28.4 Å². The van der Waals surface area contributed by atoms with Crippen molar-refractivity contribution < 1.29 is 28.4 Å². The highest BCUT2D eigenvalue weighted by atomic mass is 79.9.